The van der Waals surface area contributed by atoms with E-state index in [2.05, 4.69) is 27.4 Å². The van der Waals surface area contributed by atoms with Crippen LogP contribution in [0.1, 0.15) is 26.2 Å². The Morgan fingerprint density at radius 2 is 1.92 bits per heavy atom. The zero-order valence-electron chi connectivity index (χ0n) is 14.8. The summed E-state index contributed by atoms with van der Waals surface area (Å²) in [6, 6.07) is 10.8. The van der Waals surface area contributed by atoms with E-state index in [1.54, 1.807) is 0 Å². The predicted molar refractivity (Wildman–Crippen MR) is 112 cm³/mol. The standard InChI is InChI=1S/C18H30N4O.HI/c1-3-22(16-10-11-16)14-13-21-18(19-2)20-12-7-15-23-17-8-5-4-6-9-17;/h4-6,8-9,16H,3,7,10-15H2,1-2H3,(H2,19,20,21);1H. The Balaban J connectivity index is 0.00000288. The number of hydrogen-bond donors (Lipinski definition) is 2. The van der Waals surface area contributed by atoms with Crippen molar-refractivity contribution < 1.29 is 4.74 Å². The van der Waals surface area contributed by atoms with Gasteiger partial charge in [-0.15, -0.1) is 24.0 Å². The van der Waals surface area contributed by atoms with Crippen molar-refractivity contribution >= 4 is 29.9 Å². The summed E-state index contributed by atoms with van der Waals surface area (Å²) < 4.78 is 5.67. The lowest BCUT2D eigenvalue weighted by Crippen LogP contribution is -2.42. The average Bonchev–Trinajstić information content (AvgIpc) is 3.42. The van der Waals surface area contributed by atoms with Crippen molar-refractivity contribution in [3.8, 4) is 5.75 Å². The largest absolute Gasteiger partial charge is 0.494 e. The molecule has 0 saturated heterocycles. The fraction of sp³-hybridized carbons (Fsp3) is 0.611. The van der Waals surface area contributed by atoms with E-state index in [0.29, 0.717) is 6.61 Å². The van der Waals surface area contributed by atoms with Crippen LogP contribution in [0.25, 0.3) is 0 Å². The number of rotatable bonds is 10. The molecule has 0 bridgehead atoms. The normalized spacial score (nSPS) is 14.2. The van der Waals surface area contributed by atoms with E-state index in [9.17, 15) is 0 Å². The van der Waals surface area contributed by atoms with Gasteiger partial charge in [-0.3, -0.25) is 9.89 Å². The van der Waals surface area contributed by atoms with Crippen molar-refractivity contribution in [2.45, 2.75) is 32.2 Å². The van der Waals surface area contributed by atoms with Gasteiger partial charge in [0.2, 0.25) is 0 Å². The molecule has 1 fully saturated rings. The smallest absolute Gasteiger partial charge is 0.191 e. The quantitative estimate of drug-likeness (QED) is 0.251. The highest BCUT2D eigenvalue weighted by molar-refractivity contribution is 14.0. The van der Waals surface area contributed by atoms with Gasteiger partial charge < -0.3 is 15.4 Å². The molecule has 5 nitrogen and oxygen atoms in total. The Kier molecular flexibility index (Phi) is 10.8. The third-order valence-corrected chi connectivity index (χ3v) is 4.01. The van der Waals surface area contributed by atoms with Crippen LogP contribution in [0.15, 0.2) is 35.3 Å². The second-order valence-corrected chi connectivity index (χ2v) is 5.80. The first-order chi connectivity index (χ1) is 11.3. The molecule has 1 aliphatic carbocycles. The molecule has 136 valence electrons. The van der Waals surface area contributed by atoms with Gasteiger partial charge in [-0.1, -0.05) is 25.1 Å². The number of nitrogens with zero attached hydrogens (tertiary/aromatic N) is 2. The van der Waals surface area contributed by atoms with Gasteiger partial charge in [-0.05, 0) is 37.9 Å². The van der Waals surface area contributed by atoms with Gasteiger partial charge in [0, 0.05) is 32.7 Å². The third kappa shape index (κ3) is 8.19. The van der Waals surface area contributed by atoms with Crippen LogP contribution in [0.4, 0.5) is 0 Å². The molecule has 0 spiro atoms. The lowest BCUT2D eigenvalue weighted by molar-refractivity contribution is 0.282. The minimum atomic E-state index is 0. The van der Waals surface area contributed by atoms with Crippen LogP contribution in [-0.2, 0) is 0 Å². The summed E-state index contributed by atoms with van der Waals surface area (Å²) in [4.78, 5) is 6.80. The molecular weight excluding hydrogens is 415 g/mol. The zero-order chi connectivity index (χ0) is 16.3. The monoisotopic (exact) mass is 446 g/mol. The van der Waals surface area contributed by atoms with Gasteiger partial charge in [0.1, 0.15) is 5.75 Å². The van der Waals surface area contributed by atoms with E-state index < -0.39 is 0 Å². The molecule has 2 N–H and O–H groups in total. The van der Waals surface area contributed by atoms with Crippen LogP contribution in [0.2, 0.25) is 0 Å². The molecule has 1 aromatic carbocycles. The molecule has 24 heavy (non-hydrogen) atoms. The number of aliphatic imine (C=N–C) groups is 1. The molecule has 0 aliphatic heterocycles. The van der Waals surface area contributed by atoms with Crippen molar-refractivity contribution in [1.82, 2.24) is 15.5 Å². The molecule has 1 aromatic rings. The summed E-state index contributed by atoms with van der Waals surface area (Å²) in [7, 11) is 1.81. The molecule has 1 aliphatic rings. The highest BCUT2D eigenvalue weighted by atomic mass is 127. The van der Waals surface area contributed by atoms with Crippen LogP contribution in [0, 0.1) is 0 Å². The Labute approximate surface area is 163 Å². The Bertz CT molecular complexity index is 465. The lowest BCUT2D eigenvalue weighted by Gasteiger charge is -2.20. The van der Waals surface area contributed by atoms with Gasteiger partial charge in [0.15, 0.2) is 5.96 Å². The summed E-state index contributed by atoms with van der Waals surface area (Å²) in [5, 5.41) is 6.71. The number of guanidine groups is 1. The van der Waals surface area contributed by atoms with Crippen molar-refractivity contribution in [3.05, 3.63) is 30.3 Å². The summed E-state index contributed by atoms with van der Waals surface area (Å²) >= 11 is 0. The maximum absolute atomic E-state index is 5.67. The first kappa shape index (κ1) is 21.0. The third-order valence-electron chi connectivity index (χ3n) is 4.01. The Morgan fingerprint density at radius 3 is 2.54 bits per heavy atom. The molecule has 2 rings (SSSR count). The molecule has 1 saturated carbocycles. The van der Waals surface area contributed by atoms with E-state index in [0.717, 1.165) is 50.4 Å². The number of halogens is 1. The number of hydrogen-bond acceptors (Lipinski definition) is 3. The molecular formula is C18H31IN4O. The van der Waals surface area contributed by atoms with E-state index >= 15 is 0 Å². The second kappa shape index (κ2) is 12.4. The average molecular weight is 446 g/mol. The minimum Gasteiger partial charge on any atom is -0.494 e. The number of likely N-dealkylation sites (N-methyl/N-ethyl adjacent to an activating group) is 1. The maximum Gasteiger partial charge on any atom is 0.191 e. The Hall–Kier alpha value is -1.02. The SMILES string of the molecule is CCN(CCNC(=NC)NCCCOc1ccccc1)C1CC1.I. The van der Waals surface area contributed by atoms with Crippen molar-refractivity contribution in [2.24, 2.45) is 4.99 Å². The number of ether oxygens (including phenoxy) is 1. The first-order valence-electron chi connectivity index (χ1n) is 8.70. The van der Waals surface area contributed by atoms with Crippen molar-refractivity contribution in [3.63, 3.8) is 0 Å². The fourth-order valence-electron chi connectivity index (χ4n) is 2.56. The maximum atomic E-state index is 5.67. The van der Waals surface area contributed by atoms with Crippen molar-refractivity contribution in [1.29, 1.82) is 0 Å². The summed E-state index contributed by atoms with van der Waals surface area (Å²) in [5.41, 5.74) is 0. The van der Waals surface area contributed by atoms with E-state index in [4.69, 9.17) is 4.74 Å². The van der Waals surface area contributed by atoms with Crippen LogP contribution in [0.3, 0.4) is 0 Å². The zero-order valence-corrected chi connectivity index (χ0v) is 17.2. The molecule has 0 unspecified atom stereocenters. The van der Waals surface area contributed by atoms with Gasteiger partial charge in [-0.2, -0.15) is 0 Å². The highest BCUT2D eigenvalue weighted by Gasteiger charge is 2.27. The lowest BCUT2D eigenvalue weighted by atomic mass is 10.3. The fourth-order valence-corrected chi connectivity index (χ4v) is 2.56. The molecule has 0 heterocycles. The molecule has 0 amide bonds. The highest BCUT2D eigenvalue weighted by Crippen LogP contribution is 2.25. The second-order valence-electron chi connectivity index (χ2n) is 5.80. The van der Waals surface area contributed by atoms with Crippen LogP contribution in [0.5, 0.6) is 5.75 Å². The van der Waals surface area contributed by atoms with Gasteiger partial charge >= 0.3 is 0 Å². The molecule has 0 radical (unpaired) electrons. The minimum absolute atomic E-state index is 0. The van der Waals surface area contributed by atoms with E-state index in [1.807, 2.05) is 37.4 Å². The van der Waals surface area contributed by atoms with Crippen LogP contribution in [-0.4, -0.2) is 56.7 Å². The number of para-hydroxylation sites is 1. The van der Waals surface area contributed by atoms with Gasteiger partial charge in [0.05, 0.1) is 6.61 Å². The van der Waals surface area contributed by atoms with E-state index in [-0.39, 0.29) is 24.0 Å². The summed E-state index contributed by atoms with van der Waals surface area (Å²) in [6.07, 6.45) is 3.67. The van der Waals surface area contributed by atoms with E-state index in [1.165, 1.54) is 12.8 Å². The predicted octanol–water partition coefficient (Wildman–Crippen LogP) is 2.72. The van der Waals surface area contributed by atoms with Crippen LogP contribution < -0.4 is 15.4 Å². The summed E-state index contributed by atoms with van der Waals surface area (Å²) in [5.74, 6) is 1.80. The number of nitrogens with one attached hydrogen (secondary N) is 2. The topological polar surface area (TPSA) is 48.9 Å². The Morgan fingerprint density at radius 1 is 1.21 bits per heavy atom. The molecule has 0 aromatic heterocycles. The first-order valence-corrected chi connectivity index (χ1v) is 8.70. The molecule has 6 heteroatoms. The number of benzene rings is 1. The van der Waals surface area contributed by atoms with Crippen molar-refractivity contribution in [2.75, 3.05) is 39.8 Å². The summed E-state index contributed by atoms with van der Waals surface area (Å²) in [6.45, 7) is 6.95. The van der Waals surface area contributed by atoms with Gasteiger partial charge in [0.25, 0.3) is 0 Å². The molecule has 0 atom stereocenters. The van der Waals surface area contributed by atoms with Gasteiger partial charge in [-0.25, -0.2) is 0 Å². The van der Waals surface area contributed by atoms with Crippen LogP contribution >= 0.6 is 24.0 Å².